The molecule has 33 heavy (non-hydrogen) atoms. The van der Waals surface area contributed by atoms with Crippen molar-refractivity contribution >= 4 is 44.2 Å². The Labute approximate surface area is 197 Å². The Morgan fingerprint density at radius 2 is 1.36 bits per heavy atom. The van der Waals surface area contributed by atoms with E-state index in [4.69, 9.17) is 23.2 Å². The second kappa shape index (κ2) is 8.11. The molecule has 0 unspecified atom stereocenters. The highest BCUT2D eigenvalue weighted by molar-refractivity contribution is 7.91. The Kier molecular flexibility index (Phi) is 5.24. The molecule has 0 amide bonds. The van der Waals surface area contributed by atoms with Gasteiger partial charge in [-0.3, -0.25) is 4.79 Å². The van der Waals surface area contributed by atoms with Gasteiger partial charge >= 0.3 is 0 Å². The van der Waals surface area contributed by atoms with Crippen LogP contribution in [0.2, 0.25) is 10.0 Å². The Morgan fingerprint density at radius 3 is 2.00 bits per heavy atom. The van der Waals surface area contributed by atoms with Crippen molar-refractivity contribution in [3.05, 3.63) is 99.3 Å². The predicted octanol–water partition coefficient (Wildman–Crippen LogP) is 4.11. The van der Waals surface area contributed by atoms with Gasteiger partial charge < -0.3 is 0 Å². The van der Waals surface area contributed by atoms with Crippen molar-refractivity contribution in [2.24, 2.45) is 0 Å². The summed E-state index contributed by atoms with van der Waals surface area (Å²) in [6.07, 6.45) is 0. The van der Waals surface area contributed by atoms with Crippen LogP contribution in [0.3, 0.4) is 0 Å². The molecule has 0 bridgehead atoms. The van der Waals surface area contributed by atoms with E-state index in [0.717, 1.165) is 4.57 Å². The molecule has 0 spiro atoms. The summed E-state index contributed by atoms with van der Waals surface area (Å²) in [5, 5.41) is 8.35. The molecule has 3 aromatic carbocycles. The first-order valence-corrected chi connectivity index (χ1v) is 11.8. The number of hydrogen-bond acceptors (Lipinski definition) is 6. The molecule has 0 fully saturated rings. The van der Waals surface area contributed by atoms with Gasteiger partial charge in [-0.15, -0.1) is 5.10 Å². The van der Waals surface area contributed by atoms with Crippen LogP contribution in [0.15, 0.2) is 93.7 Å². The normalized spacial score (nSPS) is 11.7. The van der Waals surface area contributed by atoms with Crippen LogP contribution in [0.1, 0.15) is 0 Å². The molecule has 0 radical (unpaired) electrons. The monoisotopic (exact) mass is 497 g/mol. The fourth-order valence-corrected chi connectivity index (χ4v) is 4.90. The Hall–Kier alpha value is -3.53. The minimum Gasteiger partial charge on any atom is -0.266 e. The van der Waals surface area contributed by atoms with Crippen LogP contribution in [-0.4, -0.2) is 33.0 Å². The van der Waals surface area contributed by atoms with Crippen molar-refractivity contribution in [3.8, 4) is 11.4 Å². The molecule has 0 aliphatic rings. The highest BCUT2D eigenvalue weighted by Crippen LogP contribution is 2.25. The Balaban J connectivity index is 1.87. The number of aromatic nitrogens is 5. The lowest BCUT2D eigenvalue weighted by Gasteiger charge is -2.13. The summed E-state index contributed by atoms with van der Waals surface area (Å²) < 4.78 is 29.6. The average Bonchev–Trinajstić information content (AvgIpc) is 3.25. The molecule has 11 heteroatoms. The standard InChI is InChI=1S/C22H13Cl2N5O3S/c23-14-6-10-16(11-7-14)28-21(30)19-20(29(27-26-19)17-4-2-1-3-5-17)25-22(28)33(31,32)18-12-8-15(24)9-13-18/h1-13H. The quantitative estimate of drug-likeness (QED) is 0.346. The number of hydrogen-bond donors (Lipinski definition) is 0. The van der Waals surface area contributed by atoms with Gasteiger partial charge in [-0.05, 0) is 60.7 Å². The molecule has 8 nitrogen and oxygen atoms in total. The lowest BCUT2D eigenvalue weighted by atomic mass is 10.3. The van der Waals surface area contributed by atoms with Crippen molar-refractivity contribution < 1.29 is 8.42 Å². The molecule has 0 saturated carbocycles. The number of rotatable bonds is 4. The fraction of sp³-hybridized carbons (Fsp3) is 0. The smallest absolute Gasteiger partial charge is 0.266 e. The first-order valence-electron chi connectivity index (χ1n) is 9.57. The van der Waals surface area contributed by atoms with Gasteiger partial charge in [-0.2, -0.15) is 9.67 Å². The maximum Gasteiger partial charge on any atom is 0.289 e. The topological polar surface area (TPSA) is 99.7 Å². The zero-order valence-corrected chi connectivity index (χ0v) is 19.0. The third-order valence-electron chi connectivity index (χ3n) is 4.89. The molecule has 5 rings (SSSR count). The lowest BCUT2D eigenvalue weighted by molar-refractivity contribution is 0.580. The van der Waals surface area contributed by atoms with Crippen molar-refractivity contribution in [1.82, 2.24) is 24.5 Å². The van der Waals surface area contributed by atoms with Crippen LogP contribution in [0.5, 0.6) is 0 Å². The Bertz CT molecular complexity index is 1650. The van der Waals surface area contributed by atoms with Crippen LogP contribution >= 0.6 is 23.2 Å². The molecule has 5 aromatic rings. The van der Waals surface area contributed by atoms with E-state index in [2.05, 4.69) is 15.3 Å². The van der Waals surface area contributed by atoms with Crippen molar-refractivity contribution in [2.45, 2.75) is 10.1 Å². The van der Waals surface area contributed by atoms with E-state index in [1.165, 1.54) is 41.1 Å². The van der Waals surface area contributed by atoms with Crippen LogP contribution in [0.25, 0.3) is 22.5 Å². The molecular weight excluding hydrogens is 485 g/mol. The number of sulfone groups is 1. The summed E-state index contributed by atoms with van der Waals surface area (Å²) >= 11 is 11.9. The van der Waals surface area contributed by atoms with Crippen LogP contribution in [-0.2, 0) is 9.84 Å². The maximum atomic E-state index is 13.6. The summed E-state index contributed by atoms with van der Waals surface area (Å²) in [6.45, 7) is 0. The number of halogens is 2. The van der Waals surface area contributed by atoms with Crippen molar-refractivity contribution in [2.75, 3.05) is 0 Å². The van der Waals surface area contributed by atoms with Gasteiger partial charge in [0, 0.05) is 10.0 Å². The zero-order valence-electron chi connectivity index (χ0n) is 16.6. The van der Waals surface area contributed by atoms with Gasteiger partial charge in [0.1, 0.15) is 0 Å². The van der Waals surface area contributed by atoms with E-state index < -0.39 is 20.6 Å². The lowest BCUT2D eigenvalue weighted by Crippen LogP contribution is -2.26. The van der Waals surface area contributed by atoms with Crippen molar-refractivity contribution in [1.29, 1.82) is 0 Å². The van der Waals surface area contributed by atoms with Crippen molar-refractivity contribution in [3.63, 3.8) is 0 Å². The van der Waals surface area contributed by atoms with E-state index in [-0.39, 0.29) is 21.7 Å². The number of benzene rings is 3. The third kappa shape index (κ3) is 3.70. The molecule has 164 valence electrons. The summed E-state index contributed by atoms with van der Waals surface area (Å²) in [6, 6.07) is 20.6. The highest BCUT2D eigenvalue weighted by atomic mass is 35.5. The van der Waals surface area contributed by atoms with E-state index in [1.54, 1.807) is 36.4 Å². The first-order chi connectivity index (χ1) is 15.9. The molecule has 0 aliphatic carbocycles. The third-order valence-corrected chi connectivity index (χ3v) is 7.05. The molecule has 2 heterocycles. The van der Waals surface area contributed by atoms with Gasteiger partial charge in [0.15, 0.2) is 11.2 Å². The zero-order chi connectivity index (χ0) is 23.2. The van der Waals surface area contributed by atoms with Crippen LogP contribution in [0, 0.1) is 0 Å². The van der Waals surface area contributed by atoms with E-state index in [1.807, 2.05) is 6.07 Å². The van der Waals surface area contributed by atoms with Gasteiger partial charge in [-0.25, -0.2) is 13.0 Å². The van der Waals surface area contributed by atoms with Gasteiger partial charge in [0.2, 0.25) is 15.0 Å². The number of fused-ring (bicyclic) bond motifs is 1. The SMILES string of the molecule is O=c1c2nnn(-c3ccccc3)c2nc(S(=O)(=O)c2ccc(Cl)cc2)n1-c1ccc(Cl)cc1. The fourth-order valence-electron chi connectivity index (χ4n) is 3.31. The summed E-state index contributed by atoms with van der Waals surface area (Å²) in [7, 11) is -4.24. The second-order valence-electron chi connectivity index (χ2n) is 6.98. The molecule has 0 N–H and O–H groups in total. The summed E-state index contributed by atoms with van der Waals surface area (Å²) in [5.41, 5.74) is 0.0939. The molecule has 0 saturated heterocycles. The maximum absolute atomic E-state index is 13.6. The predicted molar refractivity (Wildman–Crippen MR) is 124 cm³/mol. The highest BCUT2D eigenvalue weighted by Gasteiger charge is 2.28. The molecular formula is C22H13Cl2N5O3S. The van der Waals surface area contributed by atoms with Gasteiger partial charge in [0.25, 0.3) is 5.56 Å². The van der Waals surface area contributed by atoms with Crippen LogP contribution in [0.4, 0.5) is 0 Å². The van der Waals surface area contributed by atoms with Gasteiger partial charge in [0.05, 0.1) is 16.3 Å². The Morgan fingerprint density at radius 1 is 0.758 bits per heavy atom. The number of nitrogens with zero attached hydrogens (tertiary/aromatic N) is 5. The van der Waals surface area contributed by atoms with Crippen LogP contribution < -0.4 is 5.56 Å². The molecule has 2 aromatic heterocycles. The minimum atomic E-state index is -4.24. The first kappa shape index (κ1) is 21.3. The second-order valence-corrected chi connectivity index (χ2v) is 9.69. The largest absolute Gasteiger partial charge is 0.289 e. The average molecular weight is 498 g/mol. The molecule has 0 atom stereocenters. The van der Waals surface area contributed by atoms with E-state index in [9.17, 15) is 13.2 Å². The molecule has 0 aliphatic heterocycles. The van der Waals surface area contributed by atoms with E-state index >= 15 is 0 Å². The minimum absolute atomic E-state index is 0.0175. The number of para-hydroxylation sites is 1. The summed E-state index contributed by atoms with van der Waals surface area (Å²) in [5.74, 6) is 0. The van der Waals surface area contributed by atoms with Gasteiger partial charge in [-0.1, -0.05) is 46.6 Å². The van der Waals surface area contributed by atoms with E-state index in [0.29, 0.717) is 15.7 Å². The summed E-state index contributed by atoms with van der Waals surface area (Å²) in [4.78, 5) is 17.8.